The first-order valence-electron chi connectivity index (χ1n) is 5.15. The molecule has 0 aromatic carbocycles. The molecule has 0 aromatic rings. The van der Waals surface area contributed by atoms with Crippen molar-refractivity contribution in [1.82, 2.24) is 0 Å². The molecule has 0 atom stereocenters. The molecule has 60 valence electrons. The van der Waals surface area contributed by atoms with Crippen LogP contribution in [0.2, 0.25) is 0 Å². The Hall–Kier alpha value is -0.260. The van der Waals surface area contributed by atoms with Crippen LogP contribution in [0.4, 0.5) is 0 Å². The summed E-state index contributed by atoms with van der Waals surface area (Å²) in [6.07, 6.45) is 11.6. The molecular weight excluding hydrogens is 132 g/mol. The van der Waals surface area contributed by atoms with E-state index in [1.54, 1.807) is 0 Å². The van der Waals surface area contributed by atoms with Crippen LogP contribution in [0.3, 0.4) is 0 Å². The SMILES string of the molecule is C(=C(C1CC1)C1CC1)C1CC1. The minimum absolute atomic E-state index is 1.02. The van der Waals surface area contributed by atoms with E-state index in [1.807, 2.05) is 5.57 Å². The van der Waals surface area contributed by atoms with E-state index in [0.717, 1.165) is 17.8 Å². The highest BCUT2D eigenvalue weighted by molar-refractivity contribution is 5.22. The summed E-state index contributed by atoms with van der Waals surface area (Å²) in [5, 5.41) is 0. The fourth-order valence-corrected chi connectivity index (χ4v) is 1.97. The summed E-state index contributed by atoms with van der Waals surface area (Å²) in [6.45, 7) is 0. The fraction of sp³-hybridized carbons (Fsp3) is 0.818. The van der Waals surface area contributed by atoms with E-state index in [1.165, 1.54) is 38.5 Å². The van der Waals surface area contributed by atoms with Gasteiger partial charge in [-0.2, -0.15) is 0 Å². The molecule has 3 aliphatic carbocycles. The molecule has 0 bridgehead atoms. The zero-order valence-corrected chi connectivity index (χ0v) is 7.05. The van der Waals surface area contributed by atoms with E-state index in [-0.39, 0.29) is 0 Å². The molecule has 0 aliphatic heterocycles. The molecule has 0 spiro atoms. The van der Waals surface area contributed by atoms with E-state index in [4.69, 9.17) is 0 Å². The van der Waals surface area contributed by atoms with Crippen LogP contribution in [0.15, 0.2) is 11.6 Å². The van der Waals surface area contributed by atoms with Crippen molar-refractivity contribution < 1.29 is 0 Å². The van der Waals surface area contributed by atoms with Crippen LogP contribution in [0, 0.1) is 17.8 Å². The molecule has 11 heavy (non-hydrogen) atoms. The minimum Gasteiger partial charge on any atom is -0.0817 e. The molecular formula is C11H16. The summed E-state index contributed by atoms with van der Waals surface area (Å²) >= 11 is 0. The maximum absolute atomic E-state index is 2.63. The van der Waals surface area contributed by atoms with Crippen LogP contribution in [-0.2, 0) is 0 Å². The summed E-state index contributed by atoms with van der Waals surface area (Å²) in [6, 6.07) is 0. The third-order valence-corrected chi connectivity index (χ3v) is 3.15. The van der Waals surface area contributed by atoms with Gasteiger partial charge in [-0.05, 0) is 56.3 Å². The number of allylic oxidation sites excluding steroid dienone is 2. The predicted molar refractivity (Wildman–Crippen MR) is 46.3 cm³/mol. The molecule has 3 saturated carbocycles. The van der Waals surface area contributed by atoms with Gasteiger partial charge in [-0.25, -0.2) is 0 Å². The Morgan fingerprint density at radius 2 is 1.36 bits per heavy atom. The van der Waals surface area contributed by atoms with E-state index >= 15 is 0 Å². The van der Waals surface area contributed by atoms with Crippen LogP contribution in [-0.4, -0.2) is 0 Å². The lowest BCUT2D eigenvalue weighted by atomic mass is 10.0. The highest BCUT2D eigenvalue weighted by Gasteiger charge is 2.37. The van der Waals surface area contributed by atoms with Gasteiger partial charge in [-0.1, -0.05) is 11.6 Å². The molecule has 0 radical (unpaired) electrons. The molecule has 3 aliphatic rings. The largest absolute Gasteiger partial charge is 0.0817 e. The number of rotatable bonds is 3. The van der Waals surface area contributed by atoms with Crippen molar-refractivity contribution >= 4 is 0 Å². The summed E-state index contributed by atoms with van der Waals surface area (Å²) in [5.74, 6) is 3.14. The van der Waals surface area contributed by atoms with Crippen molar-refractivity contribution in [2.45, 2.75) is 38.5 Å². The third-order valence-electron chi connectivity index (χ3n) is 3.15. The second-order valence-electron chi connectivity index (χ2n) is 4.55. The van der Waals surface area contributed by atoms with Crippen LogP contribution >= 0.6 is 0 Å². The maximum Gasteiger partial charge on any atom is -0.0200 e. The third kappa shape index (κ3) is 1.36. The zero-order chi connectivity index (χ0) is 7.26. The minimum atomic E-state index is 1.02. The predicted octanol–water partition coefficient (Wildman–Crippen LogP) is 3.14. The van der Waals surface area contributed by atoms with Gasteiger partial charge >= 0.3 is 0 Å². The highest BCUT2D eigenvalue weighted by atomic mass is 14.4. The van der Waals surface area contributed by atoms with Gasteiger partial charge in [0.05, 0.1) is 0 Å². The van der Waals surface area contributed by atoms with Crippen molar-refractivity contribution in [1.29, 1.82) is 0 Å². The van der Waals surface area contributed by atoms with E-state index < -0.39 is 0 Å². The quantitative estimate of drug-likeness (QED) is 0.539. The average molecular weight is 148 g/mol. The van der Waals surface area contributed by atoms with Gasteiger partial charge in [0.2, 0.25) is 0 Å². The molecule has 3 fully saturated rings. The molecule has 0 N–H and O–H groups in total. The van der Waals surface area contributed by atoms with Crippen molar-refractivity contribution in [2.24, 2.45) is 17.8 Å². The molecule has 3 rings (SSSR count). The summed E-state index contributed by atoms with van der Waals surface area (Å²) in [7, 11) is 0. The molecule has 0 aromatic heterocycles. The van der Waals surface area contributed by atoms with E-state index in [0.29, 0.717) is 0 Å². The van der Waals surface area contributed by atoms with Gasteiger partial charge in [0.15, 0.2) is 0 Å². The van der Waals surface area contributed by atoms with E-state index in [9.17, 15) is 0 Å². The molecule has 0 amide bonds. The molecule has 0 heteroatoms. The first-order valence-corrected chi connectivity index (χ1v) is 5.15. The van der Waals surface area contributed by atoms with Crippen molar-refractivity contribution in [3.05, 3.63) is 11.6 Å². The Morgan fingerprint density at radius 3 is 1.73 bits per heavy atom. The lowest BCUT2D eigenvalue weighted by Crippen LogP contribution is -1.88. The van der Waals surface area contributed by atoms with Crippen LogP contribution < -0.4 is 0 Å². The lowest BCUT2D eigenvalue weighted by Gasteiger charge is -2.01. The van der Waals surface area contributed by atoms with Crippen molar-refractivity contribution in [3.8, 4) is 0 Å². The van der Waals surface area contributed by atoms with Crippen LogP contribution in [0.5, 0.6) is 0 Å². The second-order valence-corrected chi connectivity index (χ2v) is 4.55. The topological polar surface area (TPSA) is 0 Å². The standard InChI is InChI=1S/C11H16/c1-2-8(1)7-11(9-3-4-9)10-5-6-10/h7-10H,1-6H2. The Kier molecular flexibility index (Phi) is 1.21. The van der Waals surface area contributed by atoms with Gasteiger partial charge in [0, 0.05) is 0 Å². The molecule has 0 unspecified atom stereocenters. The molecule has 0 heterocycles. The van der Waals surface area contributed by atoms with Gasteiger partial charge in [0.25, 0.3) is 0 Å². The van der Waals surface area contributed by atoms with Crippen molar-refractivity contribution in [2.75, 3.05) is 0 Å². The Morgan fingerprint density at radius 1 is 0.818 bits per heavy atom. The fourth-order valence-electron chi connectivity index (χ4n) is 1.97. The van der Waals surface area contributed by atoms with Crippen LogP contribution in [0.25, 0.3) is 0 Å². The Labute approximate surface area is 68.7 Å². The second kappa shape index (κ2) is 2.12. The first-order chi connectivity index (χ1) is 5.43. The number of hydrogen-bond acceptors (Lipinski definition) is 0. The van der Waals surface area contributed by atoms with Crippen LogP contribution in [0.1, 0.15) is 38.5 Å². The summed E-state index contributed by atoms with van der Waals surface area (Å²) in [5.41, 5.74) is 1.88. The van der Waals surface area contributed by atoms with Gasteiger partial charge in [0.1, 0.15) is 0 Å². The van der Waals surface area contributed by atoms with E-state index in [2.05, 4.69) is 6.08 Å². The first kappa shape index (κ1) is 6.28. The maximum atomic E-state index is 2.63. The van der Waals surface area contributed by atoms with Gasteiger partial charge in [-0.3, -0.25) is 0 Å². The summed E-state index contributed by atoms with van der Waals surface area (Å²) < 4.78 is 0. The Balaban J connectivity index is 1.74. The lowest BCUT2D eigenvalue weighted by molar-refractivity contribution is 0.833. The zero-order valence-electron chi connectivity index (χ0n) is 7.05. The summed E-state index contributed by atoms with van der Waals surface area (Å²) in [4.78, 5) is 0. The Bertz CT molecular complexity index is 176. The smallest absolute Gasteiger partial charge is 0.0200 e. The molecule has 0 nitrogen and oxygen atoms in total. The monoisotopic (exact) mass is 148 g/mol. The van der Waals surface area contributed by atoms with Crippen molar-refractivity contribution in [3.63, 3.8) is 0 Å². The number of hydrogen-bond donors (Lipinski definition) is 0. The highest BCUT2D eigenvalue weighted by Crippen LogP contribution is 2.50. The normalized spacial score (nSPS) is 30.2. The van der Waals surface area contributed by atoms with Gasteiger partial charge < -0.3 is 0 Å². The molecule has 0 saturated heterocycles. The van der Waals surface area contributed by atoms with Gasteiger partial charge in [-0.15, -0.1) is 0 Å². The average Bonchev–Trinajstić information content (AvgIpc) is 2.77.